The molecule has 0 saturated heterocycles. The smallest absolute Gasteiger partial charge is 0.224 e. The predicted octanol–water partition coefficient (Wildman–Crippen LogP) is 1.09. The summed E-state index contributed by atoms with van der Waals surface area (Å²) in [4.78, 5) is 11.8. The maximum Gasteiger partial charge on any atom is 0.224 e. The van der Waals surface area contributed by atoms with Crippen molar-refractivity contribution in [3.05, 3.63) is 29.8 Å². The molecule has 1 aromatic carbocycles. The van der Waals surface area contributed by atoms with Gasteiger partial charge in [-0.15, -0.1) is 0 Å². The maximum absolute atomic E-state index is 11.8. The lowest BCUT2D eigenvalue weighted by atomic mass is 10.0. The van der Waals surface area contributed by atoms with E-state index in [1.54, 1.807) is 12.1 Å². The molecule has 94 valence electrons. The first kappa shape index (κ1) is 13.5. The van der Waals surface area contributed by atoms with Crippen LogP contribution in [0.2, 0.25) is 0 Å². The van der Waals surface area contributed by atoms with Crippen LogP contribution in [0.3, 0.4) is 0 Å². The summed E-state index contributed by atoms with van der Waals surface area (Å²) >= 11 is 0. The van der Waals surface area contributed by atoms with Crippen LogP contribution < -0.4 is 11.1 Å². The molecule has 0 radical (unpaired) electrons. The molecule has 4 N–H and O–H groups in total. The van der Waals surface area contributed by atoms with Gasteiger partial charge in [-0.1, -0.05) is 12.1 Å². The molecule has 4 nitrogen and oxygen atoms in total. The van der Waals surface area contributed by atoms with Crippen molar-refractivity contribution in [2.45, 2.75) is 32.2 Å². The summed E-state index contributed by atoms with van der Waals surface area (Å²) in [5.41, 5.74) is 6.81. The zero-order chi connectivity index (χ0) is 12.9. The molecule has 0 fully saturated rings. The van der Waals surface area contributed by atoms with Crippen LogP contribution in [0, 0.1) is 0 Å². The van der Waals surface area contributed by atoms with Crippen molar-refractivity contribution in [3.63, 3.8) is 0 Å². The number of amides is 1. The molecule has 1 aromatic rings. The molecule has 0 aliphatic heterocycles. The average Bonchev–Trinajstić information content (AvgIpc) is 2.20. The Morgan fingerprint density at radius 2 is 1.94 bits per heavy atom. The van der Waals surface area contributed by atoms with E-state index in [1.165, 1.54) is 0 Å². The highest BCUT2D eigenvalue weighted by Gasteiger charge is 2.19. The molecule has 0 bridgehead atoms. The highest BCUT2D eigenvalue weighted by atomic mass is 16.3. The lowest BCUT2D eigenvalue weighted by molar-refractivity contribution is -0.122. The fraction of sp³-hybridized carbons (Fsp3) is 0.462. The summed E-state index contributed by atoms with van der Waals surface area (Å²) in [6.07, 6.45) is 0.871. The molecular formula is C13H20N2O2. The van der Waals surface area contributed by atoms with E-state index in [0.29, 0.717) is 18.5 Å². The van der Waals surface area contributed by atoms with Gasteiger partial charge in [0.1, 0.15) is 0 Å². The Morgan fingerprint density at radius 3 is 2.47 bits per heavy atom. The van der Waals surface area contributed by atoms with E-state index in [-0.39, 0.29) is 18.1 Å². The zero-order valence-corrected chi connectivity index (χ0v) is 10.4. The number of aliphatic hydroxyl groups is 1. The molecule has 0 saturated carbocycles. The molecule has 1 rings (SSSR count). The number of rotatable bonds is 5. The monoisotopic (exact) mass is 236 g/mol. The van der Waals surface area contributed by atoms with Crippen molar-refractivity contribution in [3.8, 4) is 0 Å². The molecule has 0 aromatic heterocycles. The Labute approximate surface area is 102 Å². The van der Waals surface area contributed by atoms with Crippen LogP contribution in [-0.4, -0.2) is 23.2 Å². The quantitative estimate of drug-likeness (QED) is 0.670. The van der Waals surface area contributed by atoms with E-state index in [1.807, 2.05) is 26.0 Å². The van der Waals surface area contributed by atoms with Crippen molar-refractivity contribution in [2.75, 3.05) is 12.3 Å². The number of benzene rings is 1. The van der Waals surface area contributed by atoms with Crippen LogP contribution in [0.25, 0.3) is 0 Å². The van der Waals surface area contributed by atoms with Gasteiger partial charge in [0.25, 0.3) is 0 Å². The molecule has 4 heteroatoms. The second-order valence-corrected chi connectivity index (χ2v) is 4.82. The van der Waals surface area contributed by atoms with Crippen molar-refractivity contribution >= 4 is 11.6 Å². The fourth-order valence-electron chi connectivity index (χ4n) is 1.58. The normalized spacial score (nSPS) is 11.2. The van der Waals surface area contributed by atoms with E-state index in [9.17, 15) is 4.79 Å². The lowest BCUT2D eigenvalue weighted by Crippen LogP contribution is -2.44. The van der Waals surface area contributed by atoms with Crippen molar-refractivity contribution in [1.82, 2.24) is 5.32 Å². The van der Waals surface area contributed by atoms with Gasteiger partial charge in [0.05, 0.1) is 6.42 Å². The van der Waals surface area contributed by atoms with E-state index < -0.39 is 0 Å². The third kappa shape index (κ3) is 4.87. The van der Waals surface area contributed by atoms with Gasteiger partial charge in [-0.25, -0.2) is 0 Å². The van der Waals surface area contributed by atoms with Crippen LogP contribution in [0.15, 0.2) is 24.3 Å². The van der Waals surface area contributed by atoms with Crippen LogP contribution in [0.4, 0.5) is 5.69 Å². The minimum atomic E-state index is -0.375. The topological polar surface area (TPSA) is 75.3 Å². The minimum Gasteiger partial charge on any atom is -0.399 e. The van der Waals surface area contributed by atoms with Gasteiger partial charge >= 0.3 is 0 Å². The number of aliphatic hydroxyl groups excluding tert-OH is 1. The predicted molar refractivity (Wildman–Crippen MR) is 68.5 cm³/mol. The molecular weight excluding hydrogens is 216 g/mol. The highest BCUT2D eigenvalue weighted by Crippen LogP contribution is 2.09. The van der Waals surface area contributed by atoms with E-state index in [2.05, 4.69) is 5.32 Å². The van der Waals surface area contributed by atoms with Gasteiger partial charge in [-0.3, -0.25) is 4.79 Å². The number of anilines is 1. The fourth-order valence-corrected chi connectivity index (χ4v) is 1.58. The number of nitrogens with one attached hydrogen (secondary N) is 1. The zero-order valence-electron chi connectivity index (χ0n) is 10.4. The van der Waals surface area contributed by atoms with Crippen molar-refractivity contribution in [2.24, 2.45) is 0 Å². The number of nitrogens with two attached hydrogens (primary N) is 1. The van der Waals surface area contributed by atoms with E-state index in [0.717, 1.165) is 5.56 Å². The number of hydrogen-bond donors (Lipinski definition) is 3. The molecule has 0 spiro atoms. The summed E-state index contributed by atoms with van der Waals surface area (Å²) in [5, 5.41) is 11.8. The number of hydrogen-bond acceptors (Lipinski definition) is 3. The van der Waals surface area contributed by atoms with Crippen molar-refractivity contribution in [1.29, 1.82) is 0 Å². The number of nitrogen functional groups attached to an aromatic ring is 1. The summed E-state index contributed by atoms with van der Waals surface area (Å²) in [6, 6.07) is 7.24. The van der Waals surface area contributed by atoms with Gasteiger partial charge in [-0.2, -0.15) is 0 Å². The molecule has 17 heavy (non-hydrogen) atoms. The first-order valence-electron chi connectivity index (χ1n) is 5.69. The molecule has 0 aliphatic carbocycles. The Balaban J connectivity index is 2.52. The first-order valence-corrected chi connectivity index (χ1v) is 5.69. The Morgan fingerprint density at radius 1 is 1.35 bits per heavy atom. The van der Waals surface area contributed by atoms with Crippen LogP contribution in [0.1, 0.15) is 25.8 Å². The Bertz CT molecular complexity index is 372. The minimum absolute atomic E-state index is 0.0479. The van der Waals surface area contributed by atoms with Crippen LogP contribution in [0.5, 0.6) is 0 Å². The summed E-state index contributed by atoms with van der Waals surface area (Å²) in [7, 11) is 0. The Kier molecular flexibility index (Phi) is 4.52. The van der Waals surface area contributed by atoms with E-state index in [4.69, 9.17) is 10.8 Å². The third-order valence-corrected chi connectivity index (χ3v) is 2.56. The van der Waals surface area contributed by atoms with Gasteiger partial charge in [0.15, 0.2) is 0 Å². The maximum atomic E-state index is 11.8. The van der Waals surface area contributed by atoms with Crippen LogP contribution >= 0.6 is 0 Å². The third-order valence-electron chi connectivity index (χ3n) is 2.56. The molecule has 0 unspecified atom stereocenters. The average molecular weight is 236 g/mol. The Hall–Kier alpha value is -1.55. The number of carbonyl (C=O) groups excluding carboxylic acids is 1. The second-order valence-electron chi connectivity index (χ2n) is 4.82. The number of carbonyl (C=O) groups is 1. The van der Waals surface area contributed by atoms with Gasteiger partial charge in [0, 0.05) is 17.8 Å². The molecule has 0 heterocycles. The van der Waals surface area contributed by atoms with Crippen LogP contribution in [-0.2, 0) is 11.2 Å². The SMILES string of the molecule is CC(C)(CCO)NC(=O)Cc1ccc(N)cc1. The molecule has 1 amide bonds. The molecule has 0 atom stereocenters. The van der Waals surface area contributed by atoms with Gasteiger partial charge in [0.2, 0.25) is 5.91 Å². The summed E-state index contributed by atoms with van der Waals surface area (Å²) < 4.78 is 0. The molecule has 0 aliphatic rings. The van der Waals surface area contributed by atoms with Crippen molar-refractivity contribution < 1.29 is 9.90 Å². The van der Waals surface area contributed by atoms with Gasteiger partial charge in [-0.05, 0) is 38.0 Å². The largest absolute Gasteiger partial charge is 0.399 e. The van der Waals surface area contributed by atoms with E-state index >= 15 is 0 Å². The lowest BCUT2D eigenvalue weighted by Gasteiger charge is -2.25. The summed E-state index contributed by atoms with van der Waals surface area (Å²) in [6.45, 7) is 3.85. The second kappa shape index (κ2) is 5.68. The first-order chi connectivity index (χ1) is 7.93. The standard InChI is InChI=1S/C13H20N2O2/c1-13(2,7-8-16)15-12(17)9-10-3-5-11(14)6-4-10/h3-6,16H,7-9,14H2,1-2H3,(H,15,17). The highest BCUT2D eigenvalue weighted by molar-refractivity contribution is 5.79. The summed E-state index contributed by atoms with van der Waals surface area (Å²) in [5.74, 6) is -0.0479. The van der Waals surface area contributed by atoms with Gasteiger partial charge < -0.3 is 16.2 Å².